The van der Waals surface area contributed by atoms with E-state index in [2.05, 4.69) is 238 Å². The average molecular weight is 828 g/mol. The average Bonchev–Trinajstić information content (AvgIpc) is 4.02. The van der Waals surface area contributed by atoms with Crippen molar-refractivity contribution >= 4 is 87.1 Å². The minimum absolute atomic E-state index is 0.642. The zero-order valence-corrected chi connectivity index (χ0v) is 35.1. The van der Waals surface area contributed by atoms with Gasteiger partial charge in [-0.25, -0.2) is 9.97 Å². The molecular formula is C60H37N5. The van der Waals surface area contributed by atoms with Gasteiger partial charge in [-0.2, -0.15) is 0 Å². The molecule has 0 saturated heterocycles. The van der Waals surface area contributed by atoms with Crippen LogP contribution < -0.4 is 0 Å². The molecule has 0 spiro atoms. The minimum Gasteiger partial charge on any atom is -0.309 e. The highest BCUT2D eigenvalue weighted by molar-refractivity contribution is 6.29. The highest BCUT2D eigenvalue weighted by atomic mass is 15.2. The standard InChI is InChI=1S/C60H37N5/c1-2-17-38(18-3-1)40-21-14-22-41(37-40)63-49-30-11-8-26-46(49)57-54(63)35-36-55-58(57)47-27-9-12-31-50(47)64(55)52-33-16-34-53-56(52)45-25-7-13-32-51(45)65(53)60-61-48-29-10-6-24-44(48)59(62-60)43-28-15-20-39-19-4-5-23-42(39)43/h1-37H. The molecule has 0 unspecified atom stereocenters. The van der Waals surface area contributed by atoms with Crippen LogP contribution in [-0.4, -0.2) is 23.7 Å². The summed E-state index contributed by atoms with van der Waals surface area (Å²) in [5.74, 6) is 0.642. The number of benzene rings is 10. The van der Waals surface area contributed by atoms with Crippen molar-refractivity contribution in [1.29, 1.82) is 0 Å². The Hall–Kier alpha value is -8.80. The van der Waals surface area contributed by atoms with Crippen LogP contribution in [0.15, 0.2) is 224 Å². The molecule has 0 aliphatic carbocycles. The number of para-hydroxylation sites is 4. The van der Waals surface area contributed by atoms with Crippen molar-refractivity contribution in [2.45, 2.75) is 0 Å². The van der Waals surface area contributed by atoms with E-state index in [1.165, 1.54) is 54.5 Å². The van der Waals surface area contributed by atoms with Gasteiger partial charge in [-0.1, -0.05) is 164 Å². The third kappa shape index (κ3) is 5.21. The highest BCUT2D eigenvalue weighted by Gasteiger charge is 2.24. The Morgan fingerprint density at radius 2 is 0.831 bits per heavy atom. The summed E-state index contributed by atoms with van der Waals surface area (Å²) in [6.07, 6.45) is 0. The maximum atomic E-state index is 5.51. The van der Waals surface area contributed by atoms with Crippen molar-refractivity contribution in [1.82, 2.24) is 23.7 Å². The molecule has 0 aliphatic heterocycles. The predicted octanol–water partition coefficient (Wildman–Crippen LogP) is 15.4. The van der Waals surface area contributed by atoms with E-state index in [0.29, 0.717) is 5.95 Å². The summed E-state index contributed by atoms with van der Waals surface area (Å²) in [7, 11) is 0. The van der Waals surface area contributed by atoms with Crippen LogP contribution in [0.4, 0.5) is 0 Å². The predicted molar refractivity (Wildman–Crippen MR) is 271 cm³/mol. The number of hydrogen-bond acceptors (Lipinski definition) is 2. The van der Waals surface area contributed by atoms with E-state index in [1.807, 2.05) is 0 Å². The molecular weight excluding hydrogens is 791 g/mol. The van der Waals surface area contributed by atoms with Gasteiger partial charge in [0.25, 0.3) is 0 Å². The molecule has 0 N–H and O–H groups in total. The van der Waals surface area contributed by atoms with Gasteiger partial charge in [0, 0.05) is 49.0 Å². The number of nitrogens with zero attached hydrogens (tertiary/aromatic N) is 5. The normalized spacial score (nSPS) is 12.0. The number of aromatic nitrogens is 5. The topological polar surface area (TPSA) is 40.6 Å². The molecule has 302 valence electrons. The van der Waals surface area contributed by atoms with E-state index in [4.69, 9.17) is 9.97 Å². The van der Waals surface area contributed by atoms with Crippen molar-refractivity contribution < 1.29 is 0 Å². The molecule has 4 heterocycles. The van der Waals surface area contributed by atoms with Crippen molar-refractivity contribution in [2.24, 2.45) is 0 Å². The summed E-state index contributed by atoms with van der Waals surface area (Å²) >= 11 is 0. The summed E-state index contributed by atoms with van der Waals surface area (Å²) in [5, 5.41) is 10.6. The van der Waals surface area contributed by atoms with Gasteiger partial charge in [-0.3, -0.25) is 4.57 Å². The van der Waals surface area contributed by atoms with Crippen LogP contribution in [0.25, 0.3) is 127 Å². The summed E-state index contributed by atoms with van der Waals surface area (Å²) in [5.41, 5.74) is 14.3. The fraction of sp³-hybridized carbons (Fsp3) is 0. The summed E-state index contributed by atoms with van der Waals surface area (Å²) in [4.78, 5) is 10.8. The molecule has 0 amide bonds. The molecule has 0 aliphatic rings. The second-order valence-electron chi connectivity index (χ2n) is 16.9. The summed E-state index contributed by atoms with van der Waals surface area (Å²) < 4.78 is 7.18. The molecule has 0 atom stereocenters. The lowest BCUT2D eigenvalue weighted by Crippen LogP contribution is -2.04. The van der Waals surface area contributed by atoms with Crippen LogP contribution in [0.5, 0.6) is 0 Å². The van der Waals surface area contributed by atoms with Gasteiger partial charge in [-0.15, -0.1) is 0 Å². The lowest BCUT2D eigenvalue weighted by Gasteiger charge is -2.14. The zero-order chi connectivity index (χ0) is 42.6. The Morgan fingerprint density at radius 3 is 1.60 bits per heavy atom. The molecule has 0 saturated carbocycles. The van der Waals surface area contributed by atoms with Crippen LogP contribution in [0.2, 0.25) is 0 Å². The Kier molecular flexibility index (Phi) is 7.62. The van der Waals surface area contributed by atoms with Crippen LogP contribution in [0.3, 0.4) is 0 Å². The Bertz CT molecular complexity index is 4240. The molecule has 65 heavy (non-hydrogen) atoms. The third-order valence-corrected chi connectivity index (χ3v) is 13.4. The summed E-state index contributed by atoms with van der Waals surface area (Å²) in [6, 6.07) is 80.8. The Labute approximate surface area is 373 Å². The van der Waals surface area contributed by atoms with Gasteiger partial charge in [0.2, 0.25) is 5.95 Å². The van der Waals surface area contributed by atoms with E-state index in [0.717, 1.165) is 66.4 Å². The van der Waals surface area contributed by atoms with Crippen LogP contribution in [0, 0.1) is 0 Å². The number of hydrogen-bond donors (Lipinski definition) is 0. The molecule has 0 fully saturated rings. The first kappa shape index (κ1) is 35.8. The van der Waals surface area contributed by atoms with Crippen LogP contribution >= 0.6 is 0 Å². The van der Waals surface area contributed by atoms with Gasteiger partial charge in [0.1, 0.15) is 0 Å². The molecule has 5 heteroatoms. The van der Waals surface area contributed by atoms with Gasteiger partial charge >= 0.3 is 0 Å². The van der Waals surface area contributed by atoms with Gasteiger partial charge in [0.05, 0.1) is 50.0 Å². The van der Waals surface area contributed by atoms with E-state index >= 15 is 0 Å². The molecule has 10 aromatic carbocycles. The lowest BCUT2D eigenvalue weighted by atomic mass is 9.99. The fourth-order valence-electron chi connectivity index (χ4n) is 10.7. The molecule has 14 aromatic rings. The lowest BCUT2D eigenvalue weighted by molar-refractivity contribution is 1.01. The second-order valence-corrected chi connectivity index (χ2v) is 16.9. The van der Waals surface area contributed by atoms with Crippen LogP contribution in [-0.2, 0) is 0 Å². The molecule has 4 aromatic heterocycles. The molecule has 0 bridgehead atoms. The first-order valence-electron chi connectivity index (χ1n) is 22.2. The van der Waals surface area contributed by atoms with E-state index in [9.17, 15) is 0 Å². The van der Waals surface area contributed by atoms with Gasteiger partial charge in [-0.05, 0) is 82.6 Å². The number of rotatable bonds is 5. The van der Waals surface area contributed by atoms with Crippen molar-refractivity contribution in [2.75, 3.05) is 0 Å². The first-order valence-corrected chi connectivity index (χ1v) is 22.2. The van der Waals surface area contributed by atoms with Gasteiger partial charge in [0.15, 0.2) is 0 Å². The Morgan fingerprint density at radius 1 is 0.308 bits per heavy atom. The van der Waals surface area contributed by atoms with E-state index in [-0.39, 0.29) is 0 Å². The van der Waals surface area contributed by atoms with Crippen molar-refractivity contribution in [3.8, 4) is 39.7 Å². The third-order valence-electron chi connectivity index (χ3n) is 13.4. The maximum absolute atomic E-state index is 5.51. The minimum atomic E-state index is 0.642. The number of fused-ring (bicyclic) bond motifs is 12. The molecule has 14 rings (SSSR count). The van der Waals surface area contributed by atoms with E-state index < -0.39 is 0 Å². The maximum Gasteiger partial charge on any atom is 0.235 e. The fourth-order valence-corrected chi connectivity index (χ4v) is 10.7. The van der Waals surface area contributed by atoms with Gasteiger partial charge < -0.3 is 9.13 Å². The Balaban J connectivity index is 1.05. The molecule has 5 nitrogen and oxygen atoms in total. The first-order chi connectivity index (χ1) is 32.3. The van der Waals surface area contributed by atoms with Crippen molar-refractivity contribution in [3.05, 3.63) is 224 Å². The van der Waals surface area contributed by atoms with Crippen LogP contribution in [0.1, 0.15) is 0 Å². The largest absolute Gasteiger partial charge is 0.309 e. The van der Waals surface area contributed by atoms with E-state index in [1.54, 1.807) is 0 Å². The summed E-state index contributed by atoms with van der Waals surface area (Å²) in [6.45, 7) is 0. The second kappa shape index (κ2) is 13.9. The smallest absolute Gasteiger partial charge is 0.235 e. The quantitative estimate of drug-likeness (QED) is 0.173. The van der Waals surface area contributed by atoms with Crippen molar-refractivity contribution in [3.63, 3.8) is 0 Å². The molecule has 0 radical (unpaired) electrons. The monoisotopic (exact) mass is 827 g/mol. The highest BCUT2D eigenvalue weighted by Crippen LogP contribution is 2.45. The SMILES string of the molecule is c1ccc(-c2cccc(-n3c4ccccc4c4c5c6ccccc6n(-c6cccc7c6c6ccccc6n7-c6nc(-c7cccc8ccccc78)c7ccccc7n6)c5ccc43)c2)cc1. The zero-order valence-electron chi connectivity index (χ0n) is 35.1.